The Morgan fingerprint density at radius 1 is 1.39 bits per heavy atom. The van der Waals surface area contributed by atoms with E-state index in [9.17, 15) is 13.2 Å². The van der Waals surface area contributed by atoms with Crippen LogP contribution in [0.3, 0.4) is 0 Å². The molecule has 98 valence electrons. The smallest absolute Gasteiger partial charge is 0.251 e. The minimum absolute atomic E-state index is 0.0662. The zero-order chi connectivity index (χ0) is 13.5. The van der Waals surface area contributed by atoms with Crippen molar-refractivity contribution in [2.75, 3.05) is 12.0 Å². The van der Waals surface area contributed by atoms with Gasteiger partial charge in [-0.1, -0.05) is 6.92 Å². The molecule has 1 aliphatic carbocycles. The standard InChI is InChI=1S/C12H16N2O3S/c1-7-3-11(7)14-12(15)8-4-9(13)6-10(5-8)18(2,16)17/h4-7,11H,3,13H2,1-2H3,(H,14,15). The molecular formula is C12H16N2O3S. The lowest BCUT2D eigenvalue weighted by molar-refractivity contribution is 0.0949. The first-order valence-electron chi connectivity index (χ1n) is 5.69. The van der Waals surface area contributed by atoms with E-state index in [0.29, 0.717) is 5.92 Å². The largest absolute Gasteiger partial charge is 0.399 e. The Bertz CT molecular complexity index is 595. The zero-order valence-corrected chi connectivity index (χ0v) is 11.1. The monoisotopic (exact) mass is 268 g/mol. The SMILES string of the molecule is CC1CC1NC(=O)c1cc(N)cc(S(C)(=O)=O)c1. The van der Waals surface area contributed by atoms with Crippen LogP contribution < -0.4 is 11.1 Å². The molecule has 1 aromatic carbocycles. The molecule has 2 unspecified atom stereocenters. The maximum absolute atomic E-state index is 11.9. The zero-order valence-electron chi connectivity index (χ0n) is 10.3. The number of nitrogen functional groups attached to an aromatic ring is 1. The summed E-state index contributed by atoms with van der Waals surface area (Å²) < 4.78 is 22.9. The minimum atomic E-state index is -3.36. The lowest BCUT2D eigenvalue weighted by Crippen LogP contribution is -2.26. The Morgan fingerprint density at radius 3 is 2.50 bits per heavy atom. The number of benzene rings is 1. The van der Waals surface area contributed by atoms with Crippen LogP contribution in [0.2, 0.25) is 0 Å². The van der Waals surface area contributed by atoms with Crippen LogP contribution in [-0.4, -0.2) is 26.6 Å². The van der Waals surface area contributed by atoms with Gasteiger partial charge in [0.15, 0.2) is 9.84 Å². The van der Waals surface area contributed by atoms with Crippen LogP contribution >= 0.6 is 0 Å². The number of nitrogens with two attached hydrogens (primary N) is 1. The highest BCUT2D eigenvalue weighted by Crippen LogP contribution is 2.29. The summed E-state index contributed by atoms with van der Waals surface area (Å²) >= 11 is 0. The predicted molar refractivity (Wildman–Crippen MR) is 69.0 cm³/mol. The molecule has 2 atom stereocenters. The molecule has 18 heavy (non-hydrogen) atoms. The quantitative estimate of drug-likeness (QED) is 0.794. The molecule has 0 bridgehead atoms. The van der Waals surface area contributed by atoms with E-state index >= 15 is 0 Å². The second-order valence-corrected chi connectivity index (χ2v) is 6.87. The third-order valence-corrected chi connectivity index (χ3v) is 4.14. The topological polar surface area (TPSA) is 89.3 Å². The first kappa shape index (κ1) is 12.9. The van der Waals surface area contributed by atoms with Crippen molar-refractivity contribution < 1.29 is 13.2 Å². The molecule has 0 aromatic heterocycles. The van der Waals surface area contributed by atoms with Gasteiger partial charge in [-0.25, -0.2) is 8.42 Å². The van der Waals surface area contributed by atoms with Gasteiger partial charge in [0.05, 0.1) is 4.90 Å². The van der Waals surface area contributed by atoms with Crippen molar-refractivity contribution in [3.05, 3.63) is 23.8 Å². The molecule has 1 aliphatic rings. The van der Waals surface area contributed by atoms with Gasteiger partial charge in [0.1, 0.15) is 0 Å². The van der Waals surface area contributed by atoms with E-state index in [4.69, 9.17) is 5.73 Å². The fourth-order valence-corrected chi connectivity index (χ4v) is 2.43. The minimum Gasteiger partial charge on any atom is -0.399 e. The van der Waals surface area contributed by atoms with E-state index < -0.39 is 9.84 Å². The highest BCUT2D eigenvalue weighted by atomic mass is 32.2. The summed E-state index contributed by atoms with van der Waals surface area (Å²) in [6, 6.07) is 4.39. The maximum Gasteiger partial charge on any atom is 0.251 e. The van der Waals surface area contributed by atoms with E-state index in [2.05, 4.69) is 5.32 Å². The van der Waals surface area contributed by atoms with E-state index in [-0.39, 0.29) is 28.1 Å². The summed E-state index contributed by atoms with van der Waals surface area (Å²) in [5, 5.41) is 2.84. The lowest BCUT2D eigenvalue weighted by atomic mass is 10.2. The van der Waals surface area contributed by atoms with Crippen molar-refractivity contribution in [1.29, 1.82) is 0 Å². The van der Waals surface area contributed by atoms with Crippen LogP contribution in [0.15, 0.2) is 23.1 Å². The maximum atomic E-state index is 11.9. The van der Waals surface area contributed by atoms with Crippen molar-refractivity contribution in [2.45, 2.75) is 24.3 Å². The Kier molecular flexibility index (Phi) is 3.06. The van der Waals surface area contributed by atoms with Gasteiger partial charge in [-0.05, 0) is 30.5 Å². The van der Waals surface area contributed by atoms with E-state index in [0.717, 1.165) is 12.7 Å². The molecule has 1 saturated carbocycles. The molecule has 0 heterocycles. The number of amides is 1. The second-order valence-electron chi connectivity index (χ2n) is 4.86. The molecule has 0 saturated heterocycles. The van der Waals surface area contributed by atoms with Crippen LogP contribution in [0.1, 0.15) is 23.7 Å². The van der Waals surface area contributed by atoms with Gasteiger partial charge in [0, 0.05) is 23.5 Å². The highest BCUT2D eigenvalue weighted by molar-refractivity contribution is 7.90. The third-order valence-electron chi connectivity index (χ3n) is 3.05. The van der Waals surface area contributed by atoms with Crippen LogP contribution in [-0.2, 0) is 9.84 Å². The van der Waals surface area contributed by atoms with E-state index in [1.165, 1.54) is 18.2 Å². The summed E-state index contributed by atoms with van der Waals surface area (Å²) in [6.07, 6.45) is 2.05. The second kappa shape index (κ2) is 4.28. The molecule has 0 radical (unpaired) electrons. The van der Waals surface area contributed by atoms with Crippen LogP contribution in [0, 0.1) is 5.92 Å². The van der Waals surface area contributed by atoms with Crippen molar-refractivity contribution in [2.24, 2.45) is 5.92 Å². The number of nitrogens with one attached hydrogen (secondary N) is 1. The molecule has 6 heteroatoms. The van der Waals surface area contributed by atoms with Gasteiger partial charge in [-0.15, -0.1) is 0 Å². The molecule has 5 nitrogen and oxygen atoms in total. The van der Waals surface area contributed by atoms with Crippen LogP contribution in [0.4, 0.5) is 5.69 Å². The van der Waals surface area contributed by atoms with Crippen molar-refractivity contribution in [3.8, 4) is 0 Å². The highest BCUT2D eigenvalue weighted by Gasteiger charge is 2.34. The van der Waals surface area contributed by atoms with Crippen LogP contribution in [0.5, 0.6) is 0 Å². The molecule has 3 N–H and O–H groups in total. The van der Waals surface area contributed by atoms with Crippen molar-refractivity contribution >= 4 is 21.4 Å². The van der Waals surface area contributed by atoms with E-state index in [1.807, 2.05) is 6.92 Å². The average molecular weight is 268 g/mol. The molecular weight excluding hydrogens is 252 g/mol. The van der Waals surface area contributed by atoms with Gasteiger partial charge in [-0.2, -0.15) is 0 Å². The molecule has 1 aromatic rings. The molecule has 0 aliphatic heterocycles. The van der Waals surface area contributed by atoms with Gasteiger partial charge in [-0.3, -0.25) is 4.79 Å². The molecule has 1 fully saturated rings. The Balaban J connectivity index is 2.27. The number of sulfone groups is 1. The van der Waals surface area contributed by atoms with Gasteiger partial charge >= 0.3 is 0 Å². The predicted octanol–water partition coefficient (Wildman–Crippen LogP) is 0.810. The Morgan fingerprint density at radius 2 is 2.00 bits per heavy atom. The van der Waals surface area contributed by atoms with Crippen molar-refractivity contribution in [3.63, 3.8) is 0 Å². The summed E-state index contributed by atoms with van der Waals surface area (Å²) in [4.78, 5) is 12.0. The Labute approximate surface area is 106 Å². The number of hydrogen-bond acceptors (Lipinski definition) is 4. The number of carbonyl (C=O) groups is 1. The van der Waals surface area contributed by atoms with Crippen LogP contribution in [0.25, 0.3) is 0 Å². The van der Waals surface area contributed by atoms with E-state index in [1.54, 1.807) is 0 Å². The summed E-state index contributed by atoms with van der Waals surface area (Å²) in [5.41, 5.74) is 6.18. The molecule has 0 spiro atoms. The Hall–Kier alpha value is -1.56. The number of rotatable bonds is 3. The number of anilines is 1. The molecule has 2 rings (SSSR count). The number of hydrogen-bond donors (Lipinski definition) is 2. The van der Waals surface area contributed by atoms with Crippen molar-refractivity contribution in [1.82, 2.24) is 5.32 Å². The first-order valence-corrected chi connectivity index (χ1v) is 7.58. The van der Waals surface area contributed by atoms with Gasteiger partial charge in [0.2, 0.25) is 0 Å². The summed E-state index contributed by atoms with van der Waals surface area (Å²) in [5.74, 6) is 0.214. The average Bonchev–Trinajstić information content (AvgIpc) is 2.92. The third kappa shape index (κ3) is 2.81. The summed E-state index contributed by atoms with van der Waals surface area (Å²) in [6.45, 7) is 2.05. The molecule has 1 amide bonds. The fourth-order valence-electron chi connectivity index (χ4n) is 1.74. The first-order chi connectivity index (χ1) is 8.27. The fraction of sp³-hybridized carbons (Fsp3) is 0.417. The van der Waals surface area contributed by atoms with Gasteiger partial charge < -0.3 is 11.1 Å². The normalized spacial score (nSPS) is 22.6. The summed E-state index contributed by atoms with van der Waals surface area (Å²) in [7, 11) is -3.36. The van der Waals surface area contributed by atoms with Gasteiger partial charge in [0.25, 0.3) is 5.91 Å². The number of carbonyl (C=O) groups excluding carboxylic acids is 1. The lowest BCUT2D eigenvalue weighted by Gasteiger charge is -2.07.